The van der Waals surface area contributed by atoms with Gasteiger partial charge in [-0.2, -0.15) is 0 Å². The van der Waals surface area contributed by atoms with Gasteiger partial charge in [0.25, 0.3) is 5.91 Å². The number of unbranched alkanes of at least 4 members (excludes halogenated alkanes) is 1. The summed E-state index contributed by atoms with van der Waals surface area (Å²) in [6.07, 6.45) is 2.00. The molecule has 0 radical (unpaired) electrons. The minimum absolute atomic E-state index is 0.00708. The first-order valence-electron chi connectivity index (χ1n) is 7.41. The third kappa shape index (κ3) is 4.34. The van der Waals surface area contributed by atoms with E-state index in [9.17, 15) is 4.79 Å². The summed E-state index contributed by atoms with van der Waals surface area (Å²) >= 11 is 0. The number of carbonyl (C=O) groups excluding carboxylic acids is 1. The number of benzene rings is 1. The topological polar surface area (TPSA) is 40.5 Å². The zero-order valence-electron chi connectivity index (χ0n) is 13.1. The van der Waals surface area contributed by atoms with E-state index in [1.807, 2.05) is 24.3 Å². The predicted octanol–water partition coefficient (Wildman–Crippen LogP) is 3.22. The summed E-state index contributed by atoms with van der Waals surface area (Å²) in [5, 5.41) is 9.17. The first kappa shape index (κ1) is 16.7. The molecule has 3 nitrogen and oxygen atoms in total. The molecule has 0 saturated heterocycles. The Labute approximate surface area is 122 Å². The average molecular weight is 277 g/mol. The van der Waals surface area contributed by atoms with Crippen LogP contribution in [0.25, 0.3) is 0 Å². The molecule has 112 valence electrons. The van der Waals surface area contributed by atoms with Gasteiger partial charge in [0.15, 0.2) is 0 Å². The Balaban J connectivity index is 3.05. The molecule has 0 bridgehead atoms. The number of nitrogens with zero attached hydrogens (tertiary/aromatic N) is 1. The molecule has 1 N–H and O–H groups in total. The number of amides is 1. The molecule has 1 aromatic rings. The summed E-state index contributed by atoms with van der Waals surface area (Å²) in [6.45, 7) is 9.55. The van der Waals surface area contributed by atoms with E-state index in [0.717, 1.165) is 24.0 Å². The summed E-state index contributed by atoms with van der Waals surface area (Å²) in [6, 6.07) is 7.78. The molecule has 20 heavy (non-hydrogen) atoms. The molecule has 0 aliphatic carbocycles. The Hall–Kier alpha value is -1.35. The van der Waals surface area contributed by atoms with Gasteiger partial charge in [-0.15, -0.1) is 0 Å². The van der Waals surface area contributed by atoms with Gasteiger partial charge < -0.3 is 10.0 Å². The molecule has 3 heteroatoms. The van der Waals surface area contributed by atoms with Gasteiger partial charge in [-0.25, -0.2) is 0 Å². The summed E-state index contributed by atoms with van der Waals surface area (Å²) in [5.41, 5.74) is 1.75. The van der Waals surface area contributed by atoms with E-state index in [4.69, 9.17) is 5.11 Å². The fourth-order valence-electron chi connectivity index (χ4n) is 2.28. The minimum Gasteiger partial charge on any atom is -0.395 e. The van der Waals surface area contributed by atoms with Crippen molar-refractivity contribution in [1.29, 1.82) is 0 Å². The van der Waals surface area contributed by atoms with Crippen molar-refractivity contribution in [2.75, 3.05) is 19.7 Å². The fourth-order valence-corrected chi connectivity index (χ4v) is 2.28. The molecule has 0 spiro atoms. The van der Waals surface area contributed by atoms with Crippen LogP contribution in [0.15, 0.2) is 24.3 Å². The van der Waals surface area contributed by atoms with Crippen LogP contribution in [-0.2, 0) is 5.41 Å². The Bertz CT molecular complexity index is 435. The third-order valence-electron chi connectivity index (χ3n) is 3.40. The second-order valence-electron chi connectivity index (χ2n) is 6.16. The van der Waals surface area contributed by atoms with Crippen LogP contribution < -0.4 is 0 Å². The normalized spacial score (nSPS) is 11.4. The molecule has 0 aliphatic rings. The van der Waals surface area contributed by atoms with Gasteiger partial charge in [-0.3, -0.25) is 4.79 Å². The predicted molar refractivity (Wildman–Crippen MR) is 83.0 cm³/mol. The number of carbonyl (C=O) groups is 1. The smallest absolute Gasteiger partial charge is 0.254 e. The molecule has 0 aromatic heterocycles. The molecule has 0 unspecified atom stereocenters. The van der Waals surface area contributed by atoms with E-state index >= 15 is 0 Å². The Morgan fingerprint density at radius 1 is 1.20 bits per heavy atom. The average Bonchev–Trinajstić information content (AvgIpc) is 2.42. The van der Waals surface area contributed by atoms with Crippen molar-refractivity contribution in [3.8, 4) is 0 Å². The number of rotatable bonds is 6. The Morgan fingerprint density at radius 3 is 2.40 bits per heavy atom. The Kier molecular flexibility index (Phi) is 6.21. The fraction of sp³-hybridized carbons (Fsp3) is 0.588. The van der Waals surface area contributed by atoms with Crippen LogP contribution in [-0.4, -0.2) is 35.6 Å². The van der Waals surface area contributed by atoms with Crippen molar-refractivity contribution in [2.45, 2.75) is 46.0 Å². The van der Waals surface area contributed by atoms with E-state index in [1.165, 1.54) is 0 Å². The minimum atomic E-state index is -0.0676. The van der Waals surface area contributed by atoms with Crippen molar-refractivity contribution in [3.63, 3.8) is 0 Å². The van der Waals surface area contributed by atoms with Crippen LogP contribution in [0.1, 0.15) is 56.5 Å². The molecule has 0 fully saturated rings. The lowest BCUT2D eigenvalue weighted by atomic mass is 9.83. The van der Waals surface area contributed by atoms with E-state index in [2.05, 4.69) is 27.7 Å². The molecule has 1 amide bonds. The van der Waals surface area contributed by atoms with Crippen molar-refractivity contribution in [1.82, 2.24) is 4.90 Å². The van der Waals surface area contributed by atoms with Crippen molar-refractivity contribution >= 4 is 5.91 Å². The van der Waals surface area contributed by atoms with Crippen LogP contribution in [0.3, 0.4) is 0 Å². The summed E-state index contributed by atoms with van der Waals surface area (Å²) < 4.78 is 0. The van der Waals surface area contributed by atoms with Crippen molar-refractivity contribution in [2.24, 2.45) is 0 Å². The van der Waals surface area contributed by atoms with Crippen LogP contribution in [0.2, 0.25) is 0 Å². The van der Waals surface area contributed by atoms with E-state index < -0.39 is 0 Å². The highest BCUT2D eigenvalue weighted by atomic mass is 16.3. The van der Waals surface area contributed by atoms with Crippen LogP contribution in [0.4, 0.5) is 0 Å². The highest BCUT2D eigenvalue weighted by Gasteiger charge is 2.24. The van der Waals surface area contributed by atoms with Crippen molar-refractivity contribution < 1.29 is 9.90 Å². The maximum atomic E-state index is 12.7. The highest BCUT2D eigenvalue weighted by molar-refractivity contribution is 5.96. The summed E-state index contributed by atoms with van der Waals surface area (Å²) in [4.78, 5) is 14.5. The van der Waals surface area contributed by atoms with E-state index in [1.54, 1.807) is 4.90 Å². The molecule has 0 heterocycles. The molecule has 0 atom stereocenters. The first-order valence-corrected chi connectivity index (χ1v) is 7.41. The lowest BCUT2D eigenvalue weighted by Gasteiger charge is -2.27. The maximum Gasteiger partial charge on any atom is 0.254 e. The van der Waals surface area contributed by atoms with Gasteiger partial charge in [-0.1, -0.05) is 52.3 Å². The standard InChI is InChI=1S/C17H27NO2/c1-5-6-11-18(12-13-19)16(20)14-9-7-8-10-15(14)17(2,3)4/h7-10,19H,5-6,11-13H2,1-4H3. The first-order chi connectivity index (χ1) is 9.41. The van der Waals surface area contributed by atoms with Gasteiger partial charge in [0.05, 0.1) is 6.61 Å². The van der Waals surface area contributed by atoms with Crippen molar-refractivity contribution in [3.05, 3.63) is 35.4 Å². The molecule has 1 aromatic carbocycles. The SMILES string of the molecule is CCCCN(CCO)C(=O)c1ccccc1C(C)(C)C. The number of aliphatic hydroxyl groups excluding tert-OH is 1. The van der Waals surface area contributed by atoms with Crippen LogP contribution in [0.5, 0.6) is 0 Å². The maximum absolute atomic E-state index is 12.7. The summed E-state index contributed by atoms with van der Waals surface area (Å²) in [7, 11) is 0. The van der Waals surface area contributed by atoms with Crippen LogP contribution >= 0.6 is 0 Å². The van der Waals surface area contributed by atoms with Gasteiger partial charge in [0.2, 0.25) is 0 Å². The van der Waals surface area contributed by atoms with Gasteiger partial charge in [-0.05, 0) is 23.5 Å². The summed E-state index contributed by atoms with van der Waals surface area (Å²) in [5.74, 6) is 0.0259. The zero-order chi connectivity index (χ0) is 15.2. The lowest BCUT2D eigenvalue weighted by Crippen LogP contribution is -2.35. The lowest BCUT2D eigenvalue weighted by molar-refractivity contribution is 0.0717. The largest absolute Gasteiger partial charge is 0.395 e. The second-order valence-corrected chi connectivity index (χ2v) is 6.16. The monoisotopic (exact) mass is 277 g/mol. The Morgan fingerprint density at radius 2 is 1.85 bits per heavy atom. The molecular formula is C17H27NO2. The number of aliphatic hydroxyl groups is 1. The van der Waals surface area contributed by atoms with E-state index in [0.29, 0.717) is 13.1 Å². The molecule has 0 saturated carbocycles. The zero-order valence-corrected chi connectivity index (χ0v) is 13.1. The van der Waals surface area contributed by atoms with Gasteiger partial charge in [0.1, 0.15) is 0 Å². The third-order valence-corrected chi connectivity index (χ3v) is 3.40. The van der Waals surface area contributed by atoms with Crippen LogP contribution in [0, 0.1) is 0 Å². The quantitative estimate of drug-likeness (QED) is 0.867. The molecular weight excluding hydrogens is 250 g/mol. The number of hydrogen-bond acceptors (Lipinski definition) is 2. The molecule has 1 rings (SSSR count). The van der Waals surface area contributed by atoms with Gasteiger partial charge in [0, 0.05) is 18.7 Å². The second kappa shape index (κ2) is 7.44. The number of hydrogen-bond donors (Lipinski definition) is 1. The highest BCUT2D eigenvalue weighted by Crippen LogP contribution is 2.26. The van der Waals surface area contributed by atoms with Gasteiger partial charge >= 0.3 is 0 Å². The van der Waals surface area contributed by atoms with E-state index in [-0.39, 0.29) is 17.9 Å². The molecule has 0 aliphatic heterocycles.